The summed E-state index contributed by atoms with van der Waals surface area (Å²) < 4.78 is 5.18. The lowest BCUT2D eigenvalue weighted by Gasteiger charge is -2.35. The Bertz CT molecular complexity index is 825. The van der Waals surface area contributed by atoms with Crippen molar-refractivity contribution in [1.29, 1.82) is 0 Å². The minimum absolute atomic E-state index is 0.482. The van der Waals surface area contributed by atoms with Crippen LogP contribution in [0.25, 0.3) is 0 Å². The van der Waals surface area contributed by atoms with E-state index in [2.05, 4.69) is 10.2 Å². The first-order valence-corrected chi connectivity index (χ1v) is 9.04. The van der Waals surface area contributed by atoms with Crippen molar-refractivity contribution in [1.82, 2.24) is 4.90 Å². The van der Waals surface area contributed by atoms with Crippen LogP contribution in [-0.4, -0.2) is 50.0 Å². The van der Waals surface area contributed by atoms with Crippen molar-refractivity contribution in [2.24, 2.45) is 0 Å². The quantitative estimate of drug-likeness (QED) is 0.847. The highest BCUT2D eigenvalue weighted by Gasteiger charge is 2.26. The van der Waals surface area contributed by atoms with Crippen LogP contribution in [0.15, 0.2) is 42.5 Å². The molecule has 3 rings (SSSR count). The van der Waals surface area contributed by atoms with Crippen LogP contribution in [0.5, 0.6) is 5.75 Å². The van der Waals surface area contributed by atoms with Crippen molar-refractivity contribution in [2.75, 3.05) is 43.5 Å². The van der Waals surface area contributed by atoms with E-state index >= 15 is 0 Å². The topological polar surface area (TPSA) is 61.9 Å². The van der Waals surface area contributed by atoms with E-state index in [9.17, 15) is 9.59 Å². The van der Waals surface area contributed by atoms with Crippen LogP contribution in [0.1, 0.15) is 11.1 Å². The number of methoxy groups -OCH3 is 1. The fourth-order valence-electron chi connectivity index (χ4n) is 3.23. The van der Waals surface area contributed by atoms with Crippen LogP contribution >= 0.6 is 0 Å². The second-order valence-corrected chi connectivity index (χ2v) is 6.75. The van der Waals surface area contributed by atoms with Gasteiger partial charge in [0.25, 0.3) is 0 Å². The summed E-state index contributed by atoms with van der Waals surface area (Å²) in [6.45, 7) is 6.33. The summed E-state index contributed by atoms with van der Waals surface area (Å²) in [7, 11) is 1.64. The summed E-state index contributed by atoms with van der Waals surface area (Å²) in [6, 6.07) is 13.6. The normalized spacial score (nSPS) is 14.0. The van der Waals surface area contributed by atoms with E-state index in [1.54, 1.807) is 12.0 Å². The van der Waals surface area contributed by atoms with Gasteiger partial charge in [-0.2, -0.15) is 0 Å². The first-order chi connectivity index (χ1) is 13.0. The average molecular weight is 367 g/mol. The Morgan fingerprint density at radius 3 is 2.22 bits per heavy atom. The number of anilines is 2. The molecule has 2 amide bonds. The van der Waals surface area contributed by atoms with Crippen molar-refractivity contribution in [3.05, 3.63) is 53.6 Å². The maximum atomic E-state index is 12.5. The van der Waals surface area contributed by atoms with Gasteiger partial charge in [-0.25, -0.2) is 0 Å². The van der Waals surface area contributed by atoms with Crippen molar-refractivity contribution in [2.45, 2.75) is 13.8 Å². The highest BCUT2D eigenvalue weighted by Crippen LogP contribution is 2.21. The van der Waals surface area contributed by atoms with E-state index < -0.39 is 11.8 Å². The van der Waals surface area contributed by atoms with Gasteiger partial charge in [0.1, 0.15) is 5.75 Å². The molecule has 6 heteroatoms. The van der Waals surface area contributed by atoms with Crippen molar-refractivity contribution < 1.29 is 14.3 Å². The SMILES string of the molecule is COc1ccc(N2CCN(C(=O)C(=O)Nc3ccc(C)cc3C)CC2)cc1. The van der Waals surface area contributed by atoms with Crippen LogP contribution in [0.2, 0.25) is 0 Å². The van der Waals surface area contributed by atoms with Gasteiger partial charge in [0.2, 0.25) is 0 Å². The van der Waals surface area contributed by atoms with Crippen LogP contribution < -0.4 is 15.0 Å². The Morgan fingerprint density at radius 1 is 0.963 bits per heavy atom. The lowest BCUT2D eigenvalue weighted by molar-refractivity contribution is -0.143. The second-order valence-electron chi connectivity index (χ2n) is 6.75. The summed E-state index contributed by atoms with van der Waals surface area (Å²) in [5.74, 6) is -0.250. The minimum Gasteiger partial charge on any atom is -0.497 e. The van der Waals surface area contributed by atoms with Crippen molar-refractivity contribution in [3.63, 3.8) is 0 Å². The molecule has 0 unspecified atom stereocenters. The summed E-state index contributed by atoms with van der Waals surface area (Å²) in [5.41, 5.74) is 3.82. The Kier molecular flexibility index (Phi) is 5.64. The number of carbonyl (C=O) groups excluding carboxylic acids is 2. The fourth-order valence-corrected chi connectivity index (χ4v) is 3.23. The van der Waals surface area contributed by atoms with Gasteiger partial charge in [-0.05, 0) is 49.7 Å². The predicted octanol–water partition coefficient (Wildman–Crippen LogP) is 2.60. The molecule has 27 heavy (non-hydrogen) atoms. The number of benzene rings is 2. The maximum absolute atomic E-state index is 12.5. The van der Waals surface area contributed by atoms with Gasteiger partial charge < -0.3 is 19.9 Å². The van der Waals surface area contributed by atoms with Crippen molar-refractivity contribution >= 4 is 23.2 Å². The third-order valence-electron chi connectivity index (χ3n) is 4.83. The number of ether oxygens (including phenoxy) is 1. The summed E-state index contributed by atoms with van der Waals surface area (Å²) in [4.78, 5) is 28.6. The molecule has 1 N–H and O–H groups in total. The molecule has 1 heterocycles. The van der Waals surface area contributed by atoms with Gasteiger partial charge >= 0.3 is 11.8 Å². The van der Waals surface area contributed by atoms with Crippen LogP contribution in [-0.2, 0) is 9.59 Å². The molecule has 1 aliphatic rings. The number of aryl methyl sites for hydroxylation is 2. The molecule has 6 nitrogen and oxygen atoms in total. The number of hydrogen-bond donors (Lipinski definition) is 1. The first kappa shape index (κ1) is 18.8. The van der Waals surface area contributed by atoms with Gasteiger partial charge in [0.05, 0.1) is 7.11 Å². The zero-order valence-electron chi connectivity index (χ0n) is 16.0. The van der Waals surface area contributed by atoms with E-state index in [4.69, 9.17) is 4.74 Å². The van der Waals surface area contributed by atoms with E-state index in [1.807, 2.05) is 56.3 Å². The zero-order chi connectivity index (χ0) is 19.4. The lowest BCUT2D eigenvalue weighted by atomic mass is 10.1. The number of amides is 2. The van der Waals surface area contributed by atoms with Gasteiger partial charge in [0, 0.05) is 37.6 Å². The van der Waals surface area contributed by atoms with E-state index in [0.29, 0.717) is 31.9 Å². The molecular weight excluding hydrogens is 342 g/mol. The molecule has 0 bridgehead atoms. The highest BCUT2D eigenvalue weighted by molar-refractivity contribution is 6.39. The lowest BCUT2D eigenvalue weighted by Crippen LogP contribution is -2.51. The van der Waals surface area contributed by atoms with Crippen LogP contribution in [0.4, 0.5) is 11.4 Å². The number of nitrogens with zero attached hydrogens (tertiary/aromatic N) is 2. The number of carbonyl (C=O) groups is 2. The molecule has 142 valence electrons. The van der Waals surface area contributed by atoms with Gasteiger partial charge in [-0.15, -0.1) is 0 Å². The molecule has 1 fully saturated rings. The third-order valence-corrected chi connectivity index (χ3v) is 4.83. The summed E-state index contributed by atoms with van der Waals surface area (Å²) in [6.07, 6.45) is 0. The number of hydrogen-bond acceptors (Lipinski definition) is 4. The van der Waals surface area contributed by atoms with E-state index in [-0.39, 0.29) is 0 Å². The summed E-state index contributed by atoms with van der Waals surface area (Å²) in [5, 5.41) is 2.73. The Balaban J connectivity index is 1.56. The average Bonchev–Trinajstić information content (AvgIpc) is 2.69. The molecule has 1 saturated heterocycles. The molecule has 0 spiro atoms. The van der Waals surface area contributed by atoms with E-state index in [1.165, 1.54) is 0 Å². The van der Waals surface area contributed by atoms with Gasteiger partial charge in [-0.1, -0.05) is 17.7 Å². The third kappa shape index (κ3) is 4.39. The number of piperazine rings is 1. The maximum Gasteiger partial charge on any atom is 0.313 e. The van der Waals surface area contributed by atoms with Crippen LogP contribution in [0, 0.1) is 13.8 Å². The molecule has 0 saturated carbocycles. The number of nitrogens with one attached hydrogen (secondary N) is 1. The number of rotatable bonds is 3. The molecule has 2 aromatic rings. The Labute approximate surface area is 159 Å². The second kappa shape index (κ2) is 8.12. The Hall–Kier alpha value is -3.02. The molecule has 0 aromatic heterocycles. The Morgan fingerprint density at radius 2 is 1.63 bits per heavy atom. The standard InChI is InChI=1S/C21H25N3O3/c1-15-4-9-19(16(2)14-15)22-20(25)21(26)24-12-10-23(11-13-24)17-5-7-18(27-3)8-6-17/h4-9,14H,10-13H2,1-3H3,(H,22,25). The van der Waals surface area contributed by atoms with Crippen LogP contribution in [0.3, 0.4) is 0 Å². The largest absolute Gasteiger partial charge is 0.497 e. The minimum atomic E-state index is -0.583. The molecule has 0 radical (unpaired) electrons. The van der Waals surface area contributed by atoms with Crippen molar-refractivity contribution in [3.8, 4) is 5.75 Å². The summed E-state index contributed by atoms with van der Waals surface area (Å²) >= 11 is 0. The first-order valence-electron chi connectivity index (χ1n) is 9.04. The van der Waals surface area contributed by atoms with E-state index in [0.717, 1.165) is 22.6 Å². The molecule has 1 aliphatic heterocycles. The van der Waals surface area contributed by atoms with Gasteiger partial charge in [0.15, 0.2) is 0 Å². The highest BCUT2D eigenvalue weighted by atomic mass is 16.5. The van der Waals surface area contributed by atoms with Gasteiger partial charge in [-0.3, -0.25) is 9.59 Å². The molecule has 0 atom stereocenters. The smallest absolute Gasteiger partial charge is 0.313 e. The monoisotopic (exact) mass is 367 g/mol. The zero-order valence-corrected chi connectivity index (χ0v) is 16.0. The molecule has 0 aliphatic carbocycles. The predicted molar refractivity (Wildman–Crippen MR) is 106 cm³/mol. The molecular formula is C21H25N3O3. The molecule has 2 aromatic carbocycles. The fraction of sp³-hybridized carbons (Fsp3) is 0.333.